The maximum atomic E-state index is 5.58. The van der Waals surface area contributed by atoms with Gasteiger partial charge >= 0.3 is 0 Å². The Bertz CT molecular complexity index is 735. The van der Waals surface area contributed by atoms with E-state index in [1.165, 1.54) is 17.4 Å². The van der Waals surface area contributed by atoms with E-state index in [-0.39, 0.29) is 6.10 Å². The molecule has 0 fully saturated rings. The molecular weight excluding hydrogens is 304 g/mol. The largest absolute Gasteiger partial charge is 0.364 e. The average Bonchev–Trinajstić information content (AvgIpc) is 3.33. The van der Waals surface area contributed by atoms with Gasteiger partial charge in [-0.1, -0.05) is 35.5 Å². The second kappa shape index (κ2) is 6.90. The van der Waals surface area contributed by atoms with Crippen molar-refractivity contribution in [1.82, 2.24) is 16.0 Å². The van der Waals surface area contributed by atoms with E-state index in [0.29, 0.717) is 12.4 Å². The lowest BCUT2D eigenvalue weighted by Crippen LogP contribution is -2.21. The van der Waals surface area contributed by atoms with Gasteiger partial charge in [0.15, 0.2) is 5.82 Å². The van der Waals surface area contributed by atoms with Gasteiger partial charge in [-0.05, 0) is 35.7 Å². The lowest BCUT2D eigenvalue weighted by Gasteiger charge is -2.14. The molecule has 0 saturated heterocycles. The molecular formula is C18H20N4O2. The molecule has 124 valence electrons. The number of rotatable bonds is 5. The summed E-state index contributed by atoms with van der Waals surface area (Å²) in [5, 5.41) is 10.3. The zero-order valence-electron chi connectivity index (χ0n) is 13.3. The van der Waals surface area contributed by atoms with Crippen LogP contribution in [0, 0.1) is 0 Å². The molecule has 0 amide bonds. The third-order valence-electron chi connectivity index (χ3n) is 4.23. The van der Waals surface area contributed by atoms with Gasteiger partial charge in [0.25, 0.3) is 0 Å². The van der Waals surface area contributed by atoms with E-state index in [1.54, 1.807) is 6.07 Å². The second-order valence-electron chi connectivity index (χ2n) is 5.87. The number of nitrogens with one attached hydrogen (secondary N) is 3. The molecule has 4 rings (SSSR count). The van der Waals surface area contributed by atoms with Gasteiger partial charge in [-0.3, -0.25) is 10.3 Å². The summed E-state index contributed by atoms with van der Waals surface area (Å²) in [6, 6.07) is 10.4. The third-order valence-corrected chi connectivity index (χ3v) is 4.23. The number of hydrogen-bond acceptors (Lipinski definition) is 6. The summed E-state index contributed by atoms with van der Waals surface area (Å²) in [4.78, 5) is 5.58. The molecule has 1 atom stereocenters. The Hall–Kier alpha value is -2.57. The summed E-state index contributed by atoms with van der Waals surface area (Å²) in [5.74, 6) is 0.708. The first-order chi connectivity index (χ1) is 11.9. The number of hydrogen-bond donors (Lipinski definition) is 3. The highest BCUT2D eigenvalue weighted by molar-refractivity contribution is 5.71. The van der Waals surface area contributed by atoms with Crippen LogP contribution in [0.25, 0.3) is 11.3 Å². The molecule has 2 aliphatic heterocycles. The molecule has 1 aromatic carbocycles. The summed E-state index contributed by atoms with van der Waals surface area (Å²) in [6.07, 6.45) is 6.91. The molecule has 0 aliphatic carbocycles. The van der Waals surface area contributed by atoms with Crippen LogP contribution in [-0.4, -0.2) is 30.9 Å². The second-order valence-corrected chi connectivity index (χ2v) is 5.87. The Morgan fingerprint density at radius 3 is 2.79 bits per heavy atom. The highest BCUT2D eigenvalue weighted by Crippen LogP contribution is 2.24. The third kappa shape index (κ3) is 3.34. The van der Waals surface area contributed by atoms with Crippen molar-refractivity contribution in [2.45, 2.75) is 12.5 Å². The topological polar surface area (TPSA) is 71.4 Å². The Kier molecular flexibility index (Phi) is 4.31. The van der Waals surface area contributed by atoms with Gasteiger partial charge in [0.2, 0.25) is 0 Å². The molecule has 0 bridgehead atoms. The van der Waals surface area contributed by atoms with Crippen molar-refractivity contribution < 1.29 is 9.36 Å². The van der Waals surface area contributed by atoms with Crippen molar-refractivity contribution in [2.24, 2.45) is 0 Å². The minimum Gasteiger partial charge on any atom is -0.364 e. The lowest BCUT2D eigenvalue weighted by atomic mass is 9.98. The van der Waals surface area contributed by atoms with Crippen molar-refractivity contribution >= 4 is 17.1 Å². The van der Waals surface area contributed by atoms with Crippen molar-refractivity contribution in [3.63, 3.8) is 0 Å². The maximum absolute atomic E-state index is 5.58. The smallest absolute Gasteiger partial charge is 0.169 e. The fourth-order valence-corrected chi connectivity index (χ4v) is 2.91. The van der Waals surface area contributed by atoms with Crippen LogP contribution >= 0.6 is 0 Å². The monoisotopic (exact) mass is 324 g/mol. The minimum absolute atomic E-state index is 0.0523. The maximum Gasteiger partial charge on any atom is 0.169 e. The summed E-state index contributed by atoms with van der Waals surface area (Å²) in [5.41, 5.74) is 7.83. The average molecular weight is 324 g/mol. The van der Waals surface area contributed by atoms with Gasteiger partial charge in [0, 0.05) is 19.2 Å². The normalized spacial score (nSPS) is 20.2. The van der Waals surface area contributed by atoms with Crippen LogP contribution in [0.2, 0.25) is 0 Å². The Labute approximate surface area is 140 Å². The van der Waals surface area contributed by atoms with E-state index < -0.39 is 0 Å². The van der Waals surface area contributed by atoms with Crippen LogP contribution in [0.3, 0.4) is 0 Å². The molecule has 2 aromatic rings. The fourth-order valence-electron chi connectivity index (χ4n) is 2.91. The van der Waals surface area contributed by atoms with Gasteiger partial charge in [-0.25, -0.2) is 0 Å². The van der Waals surface area contributed by atoms with Gasteiger partial charge in [0.05, 0.1) is 5.70 Å². The molecule has 24 heavy (non-hydrogen) atoms. The fraction of sp³-hybridized carbons (Fsp3) is 0.278. The number of benzene rings is 1. The Balaban J connectivity index is 1.40. The van der Waals surface area contributed by atoms with Crippen molar-refractivity contribution in [3.8, 4) is 0 Å². The quantitative estimate of drug-likeness (QED) is 0.784. The van der Waals surface area contributed by atoms with Gasteiger partial charge in [-0.15, -0.1) is 0 Å². The van der Waals surface area contributed by atoms with E-state index in [2.05, 4.69) is 57.7 Å². The van der Waals surface area contributed by atoms with Crippen LogP contribution in [0.1, 0.15) is 17.5 Å². The number of hydroxylamine groups is 1. The predicted molar refractivity (Wildman–Crippen MR) is 92.9 cm³/mol. The predicted octanol–water partition coefficient (Wildman–Crippen LogP) is 2.41. The van der Waals surface area contributed by atoms with E-state index in [4.69, 9.17) is 9.36 Å². The highest BCUT2D eigenvalue weighted by atomic mass is 16.7. The van der Waals surface area contributed by atoms with Crippen molar-refractivity contribution in [2.75, 3.05) is 25.0 Å². The molecule has 0 saturated carbocycles. The van der Waals surface area contributed by atoms with E-state index in [0.717, 1.165) is 30.8 Å². The van der Waals surface area contributed by atoms with Crippen LogP contribution in [0.15, 0.2) is 53.3 Å². The molecule has 6 heteroatoms. The van der Waals surface area contributed by atoms with Crippen LogP contribution < -0.4 is 16.1 Å². The van der Waals surface area contributed by atoms with Gasteiger partial charge in [-0.2, -0.15) is 0 Å². The van der Waals surface area contributed by atoms with E-state index in [1.807, 2.05) is 0 Å². The first-order valence-electron chi connectivity index (χ1n) is 8.17. The molecule has 2 aliphatic rings. The van der Waals surface area contributed by atoms with Gasteiger partial charge in [0.1, 0.15) is 12.4 Å². The van der Waals surface area contributed by atoms with E-state index in [9.17, 15) is 0 Å². The molecule has 1 unspecified atom stereocenters. The molecule has 3 heterocycles. The number of anilines is 1. The Morgan fingerprint density at radius 2 is 2.04 bits per heavy atom. The molecule has 6 nitrogen and oxygen atoms in total. The molecule has 3 N–H and O–H groups in total. The van der Waals surface area contributed by atoms with Crippen LogP contribution in [0.5, 0.6) is 0 Å². The summed E-state index contributed by atoms with van der Waals surface area (Å²) in [7, 11) is 0. The molecule has 0 radical (unpaired) electrons. The van der Waals surface area contributed by atoms with Crippen LogP contribution in [0.4, 0.5) is 5.82 Å². The van der Waals surface area contributed by atoms with Gasteiger partial charge < -0.3 is 15.2 Å². The standard InChI is InChI=1S/C18H20N4O2/c1-3-15(4-2-13(1)14-5-8-19-9-6-14)17-11-16(24-21-17)12-20-18-7-10-23-22-18/h1-5,7,10-11,16,19,21H,6,8-9,12H2,(H,20,22). The zero-order valence-corrected chi connectivity index (χ0v) is 13.3. The molecule has 0 spiro atoms. The molecule has 1 aromatic heterocycles. The first kappa shape index (κ1) is 15.0. The van der Waals surface area contributed by atoms with Crippen molar-refractivity contribution in [3.05, 3.63) is 59.9 Å². The zero-order chi connectivity index (χ0) is 16.2. The number of aromatic nitrogens is 1. The summed E-state index contributed by atoms with van der Waals surface area (Å²) < 4.78 is 4.79. The summed E-state index contributed by atoms with van der Waals surface area (Å²) >= 11 is 0. The minimum atomic E-state index is -0.0523. The lowest BCUT2D eigenvalue weighted by molar-refractivity contribution is 0.0590. The van der Waals surface area contributed by atoms with Crippen LogP contribution in [-0.2, 0) is 4.84 Å². The first-order valence-corrected chi connectivity index (χ1v) is 8.17. The van der Waals surface area contributed by atoms with Crippen molar-refractivity contribution in [1.29, 1.82) is 0 Å². The number of nitrogens with zero attached hydrogens (tertiary/aromatic N) is 1. The Morgan fingerprint density at radius 1 is 1.17 bits per heavy atom. The summed E-state index contributed by atoms with van der Waals surface area (Å²) in [6.45, 7) is 2.63. The SMILES string of the molecule is C1=C(c2ccc(C3=CC(CNc4ccon4)ON3)cc2)CCNC1. The van der Waals surface area contributed by atoms with E-state index >= 15 is 0 Å². The highest BCUT2D eigenvalue weighted by Gasteiger charge is 2.18.